The molecule has 602 valence electrons. The van der Waals surface area contributed by atoms with Gasteiger partial charge in [0.05, 0.1) is 161 Å². The summed E-state index contributed by atoms with van der Waals surface area (Å²) in [5, 5.41) is 29.7. The number of nitrogens with two attached hydrogens (primary N) is 4. The van der Waals surface area contributed by atoms with Crippen LogP contribution in [0, 0.1) is 0 Å². The SMILES string of the molecule is NC(N)=Nc1nc(-c2ccc(OCCOCCOCCOCCCC(=O)CCCOCCOCCNC(=O)CN(CCN(CC(=O)O)CC(=O)CCCOCCOCCNC(=O)NCCOCCOCCOCCOc3ccc(-c4nc(N=C(N)N)nc5ccc(Cl)cc45)cc3)CC(=O)O)cc2)c2cc(Cl)ccc2n1. The molecule has 0 spiro atoms. The first kappa shape index (κ1) is 89.7. The van der Waals surface area contributed by atoms with Gasteiger partial charge in [0.2, 0.25) is 5.91 Å². The monoisotopic (exact) mass is 1580 g/mol. The summed E-state index contributed by atoms with van der Waals surface area (Å²) in [7, 11) is 0. The molecule has 3 amide bonds. The molecule has 6 rings (SSSR count). The molecule has 35 nitrogen and oxygen atoms in total. The van der Waals surface area contributed by atoms with Crippen molar-refractivity contribution in [3.05, 3.63) is 95.0 Å². The molecular weight excluding hydrogens is 1480 g/mol. The number of hydrogen-bond donors (Lipinski definition) is 9. The summed E-state index contributed by atoms with van der Waals surface area (Å²) in [4.78, 5) is 102. The van der Waals surface area contributed by atoms with Crippen LogP contribution >= 0.6 is 23.2 Å². The summed E-state index contributed by atoms with van der Waals surface area (Å²) >= 11 is 12.5. The minimum absolute atomic E-state index is 0.00280. The Kier molecular flexibility index (Phi) is 43.7. The third-order valence-corrected chi connectivity index (χ3v) is 15.8. The highest BCUT2D eigenvalue weighted by Gasteiger charge is 2.20. The maximum atomic E-state index is 12.8. The van der Waals surface area contributed by atoms with Gasteiger partial charge < -0.3 is 106 Å². The first-order valence-corrected chi connectivity index (χ1v) is 36.7. The van der Waals surface area contributed by atoms with Crippen molar-refractivity contribution in [3.8, 4) is 34.0 Å². The molecule has 0 saturated carbocycles. The van der Waals surface area contributed by atoms with Crippen LogP contribution in [0.1, 0.15) is 38.5 Å². The number of halogens is 2. The van der Waals surface area contributed by atoms with Gasteiger partial charge in [-0.25, -0.2) is 24.7 Å². The molecule has 0 bridgehead atoms. The number of aromatic nitrogens is 4. The Morgan fingerprint density at radius 1 is 0.391 bits per heavy atom. The molecule has 110 heavy (non-hydrogen) atoms. The lowest BCUT2D eigenvalue weighted by Crippen LogP contribution is -2.45. The van der Waals surface area contributed by atoms with Crippen molar-refractivity contribution in [1.29, 1.82) is 0 Å². The Bertz CT molecular complexity index is 3570. The minimum atomic E-state index is -1.19. The molecule has 0 unspecified atom stereocenters. The Balaban J connectivity index is 0.656. The number of rotatable bonds is 62. The van der Waals surface area contributed by atoms with Crippen LogP contribution in [0.3, 0.4) is 0 Å². The highest BCUT2D eigenvalue weighted by Crippen LogP contribution is 2.33. The van der Waals surface area contributed by atoms with E-state index in [2.05, 4.69) is 45.9 Å². The van der Waals surface area contributed by atoms with Gasteiger partial charge in [0.25, 0.3) is 11.9 Å². The van der Waals surface area contributed by atoms with Crippen LogP contribution in [-0.4, -0.2) is 292 Å². The summed E-state index contributed by atoms with van der Waals surface area (Å²) in [6.45, 7) is 6.44. The summed E-state index contributed by atoms with van der Waals surface area (Å²) in [6, 6.07) is 25.0. The van der Waals surface area contributed by atoms with E-state index in [0.29, 0.717) is 169 Å². The van der Waals surface area contributed by atoms with Crippen LogP contribution in [-0.2, 0) is 71.3 Å². The van der Waals surface area contributed by atoms with E-state index in [0.717, 1.165) is 21.9 Å². The molecule has 0 aliphatic heterocycles. The van der Waals surface area contributed by atoms with Crippen LogP contribution in [0.4, 0.5) is 16.7 Å². The van der Waals surface area contributed by atoms with E-state index in [1.165, 1.54) is 9.80 Å². The zero-order valence-electron chi connectivity index (χ0n) is 61.6. The van der Waals surface area contributed by atoms with Gasteiger partial charge in [0.15, 0.2) is 11.9 Å². The zero-order valence-corrected chi connectivity index (χ0v) is 63.1. The fourth-order valence-corrected chi connectivity index (χ4v) is 10.6. The fourth-order valence-electron chi connectivity index (χ4n) is 10.2. The van der Waals surface area contributed by atoms with Gasteiger partial charge in [-0.05, 0) is 104 Å². The normalized spacial score (nSPS) is 11.3. The first-order valence-electron chi connectivity index (χ1n) is 35.9. The Labute approximate surface area is 647 Å². The quantitative estimate of drug-likeness (QED) is 0.0146. The van der Waals surface area contributed by atoms with Gasteiger partial charge in [0, 0.05) is 104 Å². The van der Waals surface area contributed by atoms with Crippen LogP contribution in [0.5, 0.6) is 11.5 Å². The molecule has 0 aliphatic carbocycles. The molecule has 0 radical (unpaired) electrons. The Hall–Kier alpha value is -9.18. The number of aliphatic carboxylic acids is 2. The molecule has 13 N–H and O–H groups in total. The summed E-state index contributed by atoms with van der Waals surface area (Å²) in [6.07, 6.45) is 2.41. The molecule has 2 aromatic heterocycles. The number of ether oxygens (including phenoxy) is 12. The van der Waals surface area contributed by atoms with Gasteiger partial charge in [-0.3, -0.25) is 33.8 Å². The van der Waals surface area contributed by atoms with Gasteiger partial charge in [-0.1, -0.05) is 23.2 Å². The number of benzene rings is 4. The predicted molar refractivity (Wildman–Crippen MR) is 410 cm³/mol. The average molecular weight is 1580 g/mol. The number of urea groups is 1. The third-order valence-electron chi connectivity index (χ3n) is 15.3. The highest BCUT2D eigenvalue weighted by molar-refractivity contribution is 6.32. The van der Waals surface area contributed by atoms with Gasteiger partial charge in [0.1, 0.15) is 36.3 Å². The number of carbonyl (C=O) groups excluding carboxylic acids is 4. The number of carboxylic acids is 2. The van der Waals surface area contributed by atoms with Crippen LogP contribution in [0.2, 0.25) is 10.0 Å². The largest absolute Gasteiger partial charge is 0.491 e. The second-order valence-corrected chi connectivity index (χ2v) is 25.0. The molecule has 0 fully saturated rings. The third kappa shape index (κ3) is 38.9. The summed E-state index contributed by atoms with van der Waals surface area (Å²) in [5.41, 5.74) is 26.3. The van der Waals surface area contributed by atoms with E-state index in [1.807, 2.05) is 48.5 Å². The maximum Gasteiger partial charge on any atom is 0.317 e. The molecule has 0 aliphatic rings. The van der Waals surface area contributed by atoms with Crippen molar-refractivity contribution in [2.45, 2.75) is 38.5 Å². The summed E-state index contributed by atoms with van der Waals surface area (Å²) in [5.74, 6) is -1.68. The van der Waals surface area contributed by atoms with Crippen LogP contribution in [0.15, 0.2) is 94.9 Å². The van der Waals surface area contributed by atoms with E-state index < -0.39 is 30.9 Å². The van der Waals surface area contributed by atoms with Gasteiger partial charge in [-0.2, -0.15) is 9.98 Å². The van der Waals surface area contributed by atoms with Crippen molar-refractivity contribution < 1.29 is 95.8 Å². The molecule has 2 heterocycles. The lowest BCUT2D eigenvalue weighted by molar-refractivity contribution is -0.141. The molecular formula is C73H101Cl2N15O20. The number of fused-ring (bicyclic) bond motifs is 2. The molecule has 6 aromatic rings. The van der Waals surface area contributed by atoms with Crippen LogP contribution < -0.4 is 48.4 Å². The average Bonchev–Trinajstić information content (AvgIpc) is 0.792. The standard InChI is InChI=1S/C73H101Cl2N15O20/c74-54-11-17-62-60(46-54)67(85-71(83-62)87-69(76)77)52-7-13-58(14-8-52)109-44-42-107-40-38-105-36-32-100-25-2-5-56(91)4-1-24-99-30-33-102-27-19-80-64(93)49-90(51-66(96)97)23-22-89(50-65(94)95)48-57(92)6-3-26-101-31-34-103-28-20-81-73(98)82-21-29-104-35-37-106-39-41-108-43-45-110-59-15-9-53(10-16-59)68-61-47-55(75)12-18-63(61)84-72(86-68)88-70(78)79/h7-18,46-47H,1-6,19-45,48-51H2,(H,80,93)(H,94,95)(H,96,97)(H2,81,82,98)(H4,76,77,83,85,87)(H4,78,79,84,86,88). The lowest BCUT2D eigenvalue weighted by Gasteiger charge is -2.25. The molecule has 4 aromatic carbocycles. The van der Waals surface area contributed by atoms with Crippen molar-refractivity contribution in [1.82, 2.24) is 45.7 Å². The van der Waals surface area contributed by atoms with E-state index in [-0.39, 0.29) is 147 Å². The second kappa shape index (κ2) is 53.6. The zero-order chi connectivity index (χ0) is 78.8. The predicted octanol–water partition coefficient (Wildman–Crippen LogP) is 4.31. The van der Waals surface area contributed by atoms with Crippen molar-refractivity contribution in [2.24, 2.45) is 32.9 Å². The first-order chi connectivity index (χ1) is 53.4. The number of nitrogens with zero attached hydrogens (tertiary/aromatic N) is 8. The summed E-state index contributed by atoms with van der Waals surface area (Å²) < 4.78 is 67.3. The Morgan fingerprint density at radius 2 is 0.727 bits per heavy atom. The number of aliphatic imine (C=N–C) groups is 2. The Morgan fingerprint density at radius 3 is 1.10 bits per heavy atom. The fraction of sp³-hybridized carbons (Fsp3) is 0.507. The molecule has 0 saturated heterocycles. The van der Waals surface area contributed by atoms with Crippen molar-refractivity contribution >= 4 is 104 Å². The number of carboxylic acid groups (broad SMARTS) is 2. The van der Waals surface area contributed by atoms with Crippen LogP contribution in [0.25, 0.3) is 44.3 Å². The molecule has 37 heteroatoms. The van der Waals surface area contributed by atoms with E-state index >= 15 is 0 Å². The second-order valence-electron chi connectivity index (χ2n) is 24.1. The topological polar surface area (TPSA) is 477 Å². The number of hydrogen-bond acceptors (Lipinski definition) is 26. The maximum absolute atomic E-state index is 12.8. The number of Topliss-reactive ketones (excluding diaryl/α,β-unsaturated/α-hetero) is 2. The number of carbonyl (C=O) groups is 6. The smallest absolute Gasteiger partial charge is 0.317 e. The number of ketones is 2. The van der Waals surface area contributed by atoms with Crippen molar-refractivity contribution in [2.75, 3.05) is 204 Å². The van der Waals surface area contributed by atoms with E-state index in [1.54, 1.807) is 36.4 Å². The minimum Gasteiger partial charge on any atom is -0.491 e. The highest BCUT2D eigenvalue weighted by atomic mass is 35.5. The van der Waals surface area contributed by atoms with Crippen molar-refractivity contribution in [3.63, 3.8) is 0 Å². The molecule has 0 atom stereocenters. The van der Waals surface area contributed by atoms with E-state index in [4.69, 9.17) is 103 Å². The lowest BCUT2D eigenvalue weighted by atomic mass is 10.1. The van der Waals surface area contributed by atoms with Gasteiger partial charge >= 0.3 is 18.0 Å². The number of amides is 3. The number of nitrogens with one attached hydrogen (secondary N) is 3. The van der Waals surface area contributed by atoms with Gasteiger partial charge in [-0.15, -0.1) is 0 Å². The van der Waals surface area contributed by atoms with E-state index in [9.17, 15) is 39.0 Å². The number of guanidine groups is 2.